The van der Waals surface area contributed by atoms with Crippen molar-refractivity contribution in [2.24, 2.45) is 5.92 Å². The summed E-state index contributed by atoms with van der Waals surface area (Å²) in [5, 5.41) is 0. The summed E-state index contributed by atoms with van der Waals surface area (Å²) in [7, 11) is 0. The fourth-order valence-corrected chi connectivity index (χ4v) is 3.50. The molecule has 4 amide bonds. The molecule has 7 nitrogen and oxygen atoms in total. The zero-order valence-electron chi connectivity index (χ0n) is 14.6. The summed E-state index contributed by atoms with van der Waals surface area (Å²) >= 11 is 0. The molecule has 1 heterocycles. The van der Waals surface area contributed by atoms with E-state index in [-0.39, 0.29) is 43.0 Å². The van der Waals surface area contributed by atoms with Gasteiger partial charge in [0, 0.05) is 24.4 Å². The van der Waals surface area contributed by atoms with E-state index in [0.717, 1.165) is 37.0 Å². The van der Waals surface area contributed by atoms with Crippen molar-refractivity contribution < 1.29 is 19.2 Å². The zero-order chi connectivity index (χ0) is 18.5. The molecule has 7 heteroatoms. The number of nitrogens with zero attached hydrogens (tertiary/aromatic N) is 1. The molecule has 0 aromatic heterocycles. The molecule has 2 aliphatic rings. The number of imide groups is 1. The molecule has 138 valence electrons. The third-order valence-electron chi connectivity index (χ3n) is 5.00. The van der Waals surface area contributed by atoms with Gasteiger partial charge in [-0.05, 0) is 24.5 Å². The maximum absolute atomic E-state index is 12.4. The normalized spacial score (nSPS) is 17.6. The fraction of sp³-hybridized carbons (Fsp3) is 0.474. The summed E-state index contributed by atoms with van der Waals surface area (Å²) < 4.78 is 0. The van der Waals surface area contributed by atoms with Crippen LogP contribution < -0.4 is 10.9 Å². The van der Waals surface area contributed by atoms with Gasteiger partial charge in [-0.2, -0.15) is 0 Å². The Morgan fingerprint density at radius 2 is 1.77 bits per heavy atom. The van der Waals surface area contributed by atoms with Crippen LogP contribution >= 0.6 is 0 Å². The van der Waals surface area contributed by atoms with E-state index in [1.54, 1.807) is 24.3 Å². The first-order valence-corrected chi connectivity index (χ1v) is 9.07. The number of rotatable bonds is 4. The fourth-order valence-electron chi connectivity index (χ4n) is 3.50. The van der Waals surface area contributed by atoms with Crippen LogP contribution in [0.3, 0.4) is 0 Å². The summed E-state index contributed by atoms with van der Waals surface area (Å²) in [6.07, 6.45) is 5.01. The highest BCUT2D eigenvalue weighted by Crippen LogP contribution is 2.23. The van der Waals surface area contributed by atoms with Crippen molar-refractivity contribution in [1.29, 1.82) is 0 Å². The van der Waals surface area contributed by atoms with Crippen LogP contribution in [0.15, 0.2) is 24.3 Å². The minimum Gasteiger partial charge on any atom is -0.278 e. The molecule has 0 radical (unpaired) electrons. The van der Waals surface area contributed by atoms with Crippen LogP contribution in [0.5, 0.6) is 0 Å². The predicted molar refractivity (Wildman–Crippen MR) is 93.7 cm³/mol. The van der Waals surface area contributed by atoms with Crippen molar-refractivity contribution in [3.8, 4) is 0 Å². The molecule has 0 saturated heterocycles. The summed E-state index contributed by atoms with van der Waals surface area (Å²) in [6.45, 7) is -0.00284. The van der Waals surface area contributed by atoms with Crippen molar-refractivity contribution in [2.45, 2.75) is 44.9 Å². The van der Waals surface area contributed by atoms with E-state index in [1.807, 2.05) is 0 Å². The summed E-state index contributed by atoms with van der Waals surface area (Å²) in [6, 6.07) is 6.98. The lowest BCUT2D eigenvalue weighted by molar-refractivity contribution is -0.133. The minimum absolute atomic E-state index is 0.00284. The number of benzene rings is 1. The molecule has 1 fully saturated rings. The standard InChI is InChI=1S/C19H23N3O4/c23-16(20-21-18(25)13-6-2-1-3-7-13)10-11-22-17(24)12-14-8-4-5-9-15(14)19(22)26/h4-5,8-9,13H,1-3,6-7,10-12H2,(H,20,23)(H,21,25). The van der Waals surface area contributed by atoms with Gasteiger partial charge in [0.25, 0.3) is 5.91 Å². The van der Waals surface area contributed by atoms with Gasteiger partial charge in [-0.1, -0.05) is 37.5 Å². The van der Waals surface area contributed by atoms with Gasteiger partial charge in [0.1, 0.15) is 0 Å². The van der Waals surface area contributed by atoms with Crippen LogP contribution in [-0.4, -0.2) is 35.1 Å². The Balaban J connectivity index is 1.47. The van der Waals surface area contributed by atoms with Gasteiger partial charge in [-0.15, -0.1) is 0 Å². The minimum atomic E-state index is -0.423. The Morgan fingerprint density at radius 1 is 1.04 bits per heavy atom. The van der Waals surface area contributed by atoms with Crippen LogP contribution in [0.25, 0.3) is 0 Å². The molecule has 1 aromatic rings. The molecule has 3 rings (SSSR count). The first kappa shape index (κ1) is 18.1. The van der Waals surface area contributed by atoms with E-state index in [2.05, 4.69) is 10.9 Å². The van der Waals surface area contributed by atoms with Crippen molar-refractivity contribution in [1.82, 2.24) is 15.8 Å². The molecule has 2 N–H and O–H groups in total. The Kier molecular flexibility index (Phi) is 5.65. The number of hydrazine groups is 1. The van der Waals surface area contributed by atoms with Crippen molar-refractivity contribution >= 4 is 23.6 Å². The lowest BCUT2D eigenvalue weighted by Crippen LogP contribution is -2.47. The van der Waals surface area contributed by atoms with E-state index in [4.69, 9.17) is 0 Å². The van der Waals surface area contributed by atoms with Crippen LogP contribution in [0.2, 0.25) is 0 Å². The number of hydrogen-bond acceptors (Lipinski definition) is 4. The number of amides is 4. The highest BCUT2D eigenvalue weighted by Gasteiger charge is 2.30. The Hall–Kier alpha value is -2.70. The van der Waals surface area contributed by atoms with Gasteiger partial charge in [0.2, 0.25) is 17.7 Å². The Labute approximate surface area is 152 Å². The third-order valence-corrected chi connectivity index (χ3v) is 5.00. The summed E-state index contributed by atoms with van der Waals surface area (Å²) in [5.41, 5.74) is 6.04. The van der Waals surface area contributed by atoms with E-state index in [0.29, 0.717) is 11.1 Å². The first-order chi connectivity index (χ1) is 12.6. The molecule has 1 aliphatic heterocycles. The summed E-state index contributed by atoms with van der Waals surface area (Å²) in [4.78, 5) is 49.6. The van der Waals surface area contributed by atoms with Crippen molar-refractivity contribution in [2.75, 3.05) is 6.54 Å². The smallest absolute Gasteiger partial charge is 0.260 e. The molecule has 1 saturated carbocycles. The average Bonchev–Trinajstić information content (AvgIpc) is 2.66. The van der Waals surface area contributed by atoms with Gasteiger partial charge in [0.05, 0.1) is 6.42 Å². The average molecular weight is 357 g/mol. The monoisotopic (exact) mass is 357 g/mol. The molecule has 26 heavy (non-hydrogen) atoms. The Morgan fingerprint density at radius 3 is 2.54 bits per heavy atom. The van der Waals surface area contributed by atoms with Crippen molar-refractivity contribution in [3.05, 3.63) is 35.4 Å². The maximum Gasteiger partial charge on any atom is 0.260 e. The highest BCUT2D eigenvalue weighted by atomic mass is 16.2. The molecule has 1 aliphatic carbocycles. The van der Waals surface area contributed by atoms with Crippen LogP contribution in [-0.2, 0) is 20.8 Å². The van der Waals surface area contributed by atoms with E-state index < -0.39 is 5.91 Å². The predicted octanol–water partition coefficient (Wildman–Crippen LogP) is 1.33. The molecular weight excluding hydrogens is 334 g/mol. The molecule has 0 atom stereocenters. The second kappa shape index (κ2) is 8.12. The van der Waals surface area contributed by atoms with Gasteiger partial charge < -0.3 is 0 Å². The van der Waals surface area contributed by atoms with E-state index in [1.165, 1.54) is 0 Å². The highest BCUT2D eigenvalue weighted by molar-refractivity contribution is 6.09. The zero-order valence-corrected chi connectivity index (χ0v) is 14.6. The van der Waals surface area contributed by atoms with Crippen LogP contribution in [0, 0.1) is 5.92 Å². The maximum atomic E-state index is 12.4. The first-order valence-electron chi connectivity index (χ1n) is 9.07. The number of fused-ring (bicyclic) bond motifs is 1. The molecule has 0 unspecified atom stereocenters. The quantitative estimate of drug-likeness (QED) is 0.628. The topological polar surface area (TPSA) is 95.6 Å². The summed E-state index contributed by atoms with van der Waals surface area (Å²) in [5.74, 6) is -1.33. The van der Waals surface area contributed by atoms with Crippen LogP contribution in [0.1, 0.15) is 54.4 Å². The molecule has 0 bridgehead atoms. The largest absolute Gasteiger partial charge is 0.278 e. The number of hydrogen-bond donors (Lipinski definition) is 2. The van der Waals surface area contributed by atoms with E-state index in [9.17, 15) is 19.2 Å². The third kappa shape index (κ3) is 4.09. The SMILES string of the molecule is O=C(CCN1C(=O)Cc2ccccc2C1=O)NNC(=O)C1CCCCC1. The second-order valence-corrected chi connectivity index (χ2v) is 6.81. The Bertz CT molecular complexity index is 725. The number of carbonyl (C=O) groups is 4. The molecule has 0 spiro atoms. The number of carbonyl (C=O) groups excluding carboxylic acids is 4. The molecule has 1 aromatic carbocycles. The lowest BCUT2D eigenvalue weighted by atomic mass is 9.89. The van der Waals surface area contributed by atoms with Gasteiger partial charge in [-0.25, -0.2) is 0 Å². The van der Waals surface area contributed by atoms with Crippen molar-refractivity contribution in [3.63, 3.8) is 0 Å². The van der Waals surface area contributed by atoms with Gasteiger partial charge >= 0.3 is 0 Å². The lowest BCUT2D eigenvalue weighted by Gasteiger charge is -2.26. The molecular formula is C19H23N3O4. The van der Waals surface area contributed by atoms with E-state index >= 15 is 0 Å². The second-order valence-electron chi connectivity index (χ2n) is 6.81. The van der Waals surface area contributed by atoms with Gasteiger partial charge in [0.15, 0.2) is 0 Å². The van der Waals surface area contributed by atoms with Gasteiger partial charge in [-0.3, -0.25) is 34.9 Å². The van der Waals surface area contributed by atoms with Crippen LogP contribution in [0.4, 0.5) is 0 Å². The number of nitrogens with one attached hydrogen (secondary N) is 2.